The van der Waals surface area contributed by atoms with Crippen LogP contribution in [-0.4, -0.2) is 137 Å². The van der Waals surface area contributed by atoms with Gasteiger partial charge in [-0.1, -0.05) is 74.0 Å². The molecule has 0 radical (unpaired) electrons. The van der Waals surface area contributed by atoms with Crippen LogP contribution in [0.25, 0.3) is 0 Å². The van der Waals surface area contributed by atoms with Gasteiger partial charge in [0, 0.05) is 19.0 Å². The second kappa shape index (κ2) is 47.0. The van der Waals surface area contributed by atoms with E-state index >= 15 is 0 Å². The minimum absolute atomic E-state index is 0. The molecule has 80 heavy (non-hydrogen) atoms. The predicted octanol–water partition coefficient (Wildman–Crippen LogP) is 0.682. The number of nitrogens with two attached hydrogens (primary N) is 2. The first-order chi connectivity index (χ1) is 35.8. The molecule has 2 rings (SSSR count). The number of unbranched alkanes of at least 4 members (excludes halogenated alkanes) is 1. The average Bonchev–Trinajstić information content (AvgIpc) is 3.31. The number of carbonyl (C=O) groups is 5. The summed E-state index contributed by atoms with van der Waals surface area (Å²) in [6.07, 6.45) is 4.51. The molecule has 0 unspecified atom stereocenters. The number of alkyl carbamates (subject to hydrolysis) is 1. The number of aliphatic hydroxyl groups excluding tert-OH is 3. The number of alkyl halides is 4. The second-order valence-electron chi connectivity index (χ2n) is 19.5. The van der Waals surface area contributed by atoms with Crippen molar-refractivity contribution < 1.29 is 157 Å². The maximum absolute atomic E-state index is 11.9. The molecule has 0 spiro atoms. The van der Waals surface area contributed by atoms with E-state index in [4.69, 9.17) is 45.4 Å². The number of rotatable bonds is 23. The van der Waals surface area contributed by atoms with E-state index in [1.165, 1.54) is 0 Å². The number of nitrogens with one attached hydrogen (secondary N) is 1. The second-order valence-corrected chi connectivity index (χ2v) is 22.9. The molecule has 21 nitrogen and oxygen atoms in total. The summed E-state index contributed by atoms with van der Waals surface area (Å²) in [4.78, 5) is 57.1. The van der Waals surface area contributed by atoms with Gasteiger partial charge >= 0.3 is 97.0 Å². The zero-order valence-electron chi connectivity index (χ0n) is 48.4. The zero-order chi connectivity index (χ0) is 61.4. The third-order valence-electron chi connectivity index (χ3n) is 8.45. The molecule has 0 aliphatic carbocycles. The van der Waals surface area contributed by atoms with Crippen LogP contribution in [0.15, 0.2) is 60.7 Å². The van der Waals surface area contributed by atoms with Gasteiger partial charge in [0.15, 0.2) is 0 Å². The number of aliphatic hydroxyl groups is 3. The van der Waals surface area contributed by atoms with Crippen LogP contribution in [0.2, 0.25) is 0 Å². The molecule has 2 aromatic carbocycles. The smallest absolute Gasteiger partial charge is 1.00 e. The SMILES string of the molecule is CC(C)(C)OC(=O)C[C@@H](N)CO.CC(C)(C)OC(=O)[C@H](CO)CCCN.CC(C)(C)OC(=O)[C@H](CO)CCCNC(=O)OCc1ccccc1.CCCCC(=O)OCc1ccccc1.CF.CS(=O)(=O)OS(=O)(=O)C(F)(F)F.[F-].[K+]. The summed E-state index contributed by atoms with van der Waals surface area (Å²) in [5.41, 5.74) is 5.34. The van der Waals surface area contributed by atoms with Crippen molar-refractivity contribution in [2.75, 3.05) is 46.3 Å². The molecule has 8 N–H and O–H groups in total. The van der Waals surface area contributed by atoms with Crippen molar-refractivity contribution in [1.82, 2.24) is 5.32 Å². The minimum Gasteiger partial charge on any atom is -1.00 e. The molecule has 462 valence electrons. The Bertz CT molecular complexity index is 2170. The first kappa shape index (κ1) is 87.8. The van der Waals surface area contributed by atoms with E-state index in [1.54, 1.807) is 41.5 Å². The van der Waals surface area contributed by atoms with Crippen molar-refractivity contribution >= 4 is 50.2 Å². The summed E-state index contributed by atoms with van der Waals surface area (Å²) < 4.78 is 112. The number of amides is 1. The standard InChI is InChI=1S/C18H27NO5.C12H16O2.C10H21NO3.C8H17NO3.C2H3F3O5S2.CH3F.FH.K/c1-18(2,3)24-16(21)15(12-20)10-7-11-19-17(22)23-13-14-8-5-4-6-9-14;1-2-3-9-12(13)14-10-11-7-5-4-6-8-11;1-10(2,3)14-9(13)8(7-12)5-4-6-11;1-8(2,3)12-7(11)4-6(9)5-10;1-11(6,7)10-12(8,9)2(3,4)5;1-2;;/h4-6,8-9,15,20H,7,10-13H2,1-3H3,(H,19,22);4-8H,2-3,9-10H2,1H3;8,12H,4-7,11H2,1-3H3;6,10H,4-5,9H2,1-3H3;1H3;1H3;1H;/q;;;;;;;+1/p-1/t15-;;8-;6-;;;;/m0.01..../s1. The Kier molecular flexibility index (Phi) is 51.5. The van der Waals surface area contributed by atoms with Crippen molar-refractivity contribution in [2.45, 2.75) is 162 Å². The van der Waals surface area contributed by atoms with E-state index in [1.807, 2.05) is 81.4 Å². The largest absolute Gasteiger partial charge is 1.00 e. The van der Waals surface area contributed by atoms with Crippen LogP contribution in [-0.2, 0) is 79.9 Å². The van der Waals surface area contributed by atoms with Crippen molar-refractivity contribution in [3.8, 4) is 0 Å². The van der Waals surface area contributed by atoms with E-state index in [-0.39, 0.29) is 113 Å². The maximum atomic E-state index is 11.9. The summed E-state index contributed by atoms with van der Waals surface area (Å²) in [5.74, 6) is -2.24. The zero-order valence-corrected chi connectivity index (χ0v) is 53.2. The van der Waals surface area contributed by atoms with E-state index in [0.717, 1.165) is 30.4 Å². The molecule has 1 amide bonds. The molecule has 0 saturated carbocycles. The molecule has 0 heterocycles. The van der Waals surface area contributed by atoms with Gasteiger partial charge in [-0.15, -0.1) is 3.63 Å². The number of halogens is 5. The topological polar surface area (TPSA) is 334 Å². The number of ether oxygens (including phenoxy) is 5. The van der Waals surface area contributed by atoms with E-state index < -0.39 is 72.5 Å². The van der Waals surface area contributed by atoms with Gasteiger partial charge in [0.1, 0.15) is 30.0 Å². The van der Waals surface area contributed by atoms with Crippen LogP contribution in [0.5, 0.6) is 0 Å². The van der Waals surface area contributed by atoms with Gasteiger partial charge in [0.05, 0.1) is 51.5 Å². The van der Waals surface area contributed by atoms with Crippen LogP contribution >= 0.6 is 0 Å². The minimum atomic E-state index is -6.04. The normalized spacial score (nSPS) is 12.2. The van der Waals surface area contributed by atoms with Gasteiger partial charge in [0.25, 0.3) is 10.1 Å². The van der Waals surface area contributed by atoms with Crippen molar-refractivity contribution in [1.29, 1.82) is 0 Å². The summed E-state index contributed by atoms with van der Waals surface area (Å²) in [6, 6.07) is 18.6. The van der Waals surface area contributed by atoms with Gasteiger partial charge in [-0.2, -0.15) is 30.0 Å². The molecule has 0 bridgehead atoms. The number of carbonyl (C=O) groups excluding carboxylic acids is 5. The van der Waals surface area contributed by atoms with Gasteiger partial charge < -0.3 is 60.5 Å². The van der Waals surface area contributed by atoms with Crippen LogP contribution in [0.3, 0.4) is 0 Å². The average molecular weight is 1230 g/mol. The monoisotopic (exact) mass is 1230 g/mol. The molecular formula is C51H87F5KN3O18S2. The molecule has 29 heteroatoms. The van der Waals surface area contributed by atoms with E-state index in [9.17, 15) is 63.5 Å². The van der Waals surface area contributed by atoms with Gasteiger partial charge in [-0.3, -0.25) is 23.6 Å². The predicted molar refractivity (Wildman–Crippen MR) is 284 cm³/mol. The maximum Gasteiger partial charge on any atom is 1.00 e. The summed E-state index contributed by atoms with van der Waals surface area (Å²) in [5, 5.41) is 29.5. The third kappa shape index (κ3) is 55.1. The fourth-order valence-electron chi connectivity index (χ4n) is 5.01. The third-order valence-corrected chi connectivity index (χ3v) is 10.7. The van der Waals surface area contributed by atoms with Gasteiger partial charge in [0.2, 0.25) is 0 Å². The number of benzene rings is 2. The first-order valence-electron chi connectivity index (χ1n) is 24.6. The van der Waals surface area contributed by atoms with Crippen LogP contribution in [0.4, 0.5) is 22.4 Å². The van der Waals surface area contributed by atoms with Crippen molar-refractivity contribution in [3.05, 3.63) is 71.8 Å². The Morgan fingerprint density at radius 3 is 1.36 bits per heavy atom. The molecule has 2 aromatic rings. The van der Waals surface area contributed by atoms with Crippen LogP contribution < -0.4 is 72.9 Å². The Hall–Kier alpha value is -3.46. The van der Waals surface area contributed by atoms with Crippen LogP contribution in [0.1, 0.15) is 132 Å². The molecule has 0 saturated heterocycles. The molecule has 0 aromatic heterocycles. The molecule has 0 fully saturated rings. The molecule has 3 atom stereocenters. The number of hydrogen-bond acceptors (Lipinski definition) is 20. The van der Waals surface area contributed by atoms with Crippen molar-refractivity contribution in [2.24, 2.45) is 23.3 Å². The first-order valence-corrected chi connectivity index (χ1v) is 27.8. The Labute approximate surface area is 512 Å². The summed E-state index contributed by atoms with van der Waals surface area (Å²) in [7, 11) is -10.2. The fourth-order valence-corrected chi connectivity index (χ4v) is 6.62. The Balaban J connectivity index is -0.000000217. The van der Waals surface area contributed by atoms with E-state index in [2.05, 4.69) is 15.9 Å². The van der Waals surface area contributed by atoms with Crippen LogP contribution in [0, 0.1) is 11.8 Å². The van der Waals surface area contributed by atoms with Crippen molar-refractivity contribution in [3.63, 3.8) is 0 Å². The molecule has 0 aliphatic rings. The Morgan fingerprint density at radius 1 is 0.637 bits per heavy atom. The fraction of sp³-hybridized carbons (Fsp3) is 0.667. The van der Waals surface area contributed by atoms with Gasteiger partial charge in [-0.25, -0.2) is 4.79 Å². The quantitative estimate of drug-likeness (QED) is 0.0223. The number of esters is 4. The molecule has 0 aliphatic heterocycles. The number of hydrogen-bond donors (Lipinski definition) is 6. The van der Waals surface area contributed by atoms with E-state index in [0.29, 0.717) is 52.6 Å². The Morgan fingerprint density at radius 2 is 1.04 bits per heavy atom. The summed E-state index contributed by atoms with van der Waals surface area (Å²) >= 11 is 0. The molecular weight excluding hydrogens is 1140 g/mol. The van der Waals surface area contributed by atoms with Gasteiger partial charge in [-0.05, 0) is 112 Å². The summed E-state index contributed by atoms with van der Waals surface area (Å²) in [6.45, 7) is 19.1.